The van der Waals surface area contributed by atoms with Crippen molar-refractivity contribution in [1.29, 1.82) is 0 Å². The average molecular weight is 357 g/mol. The molecule has 1 unspecified atom stereocenters. The number of hydrogen-bond acceptors (Lipinski definition) is 4. The SMILES string of the molecule is CC[C@]12OCC(NC)C[C@@]13CCN(CC1CC1)[C@@H]2Cc1ccc(O)cc13. The largest absolute Gasteiger partial charge is 0.508 e. The van der Waals surface area contributed by atoms with Gasteiger partial charge in [0.15, 0.2) is 0 Å². The summed E-state index contributed by atoms with van der Waals surface area (Å²) in [4.78, 5) is 2.76. The standard InChI is InChI=1S/C22H32N2O2/c1-3-22-20-10-16-6-7-18(25)11-19(16)21(22,12-17(23-2)14-26-22)8-9-24(20)13-15-4-5-15/h6-7,11,15,17,20,23,25H,3-5,8-10,12-14H2,1-2H3/t17?,20-,21-,22-/m1/s1. The molecule has 0 spiro atoms. The molecule has 5 rings (SSSR count). The van der Waals surface area contributed by atoms with Gasteiger partial charge < -0.3 is 15.2 Å². The molecule has 2 saturated heterocycles. The zero-order chi connectivity index (χ0) is 17.9. The maximum atomic E-state index is 10.3. The highest BCUT2D eigenvalue weighted by Crippen LogP contribution is 2.59. The average Bonchev–Trinajstić information content (AvgIpc) is 3.48. The number of likely N-dealkylation sites (tertiary alicyclic amines) is 1. The van der Waals surface area contributed by atoms with Gasteiger partial charge in [0.25, 0.3) is 0 Å². The van der Waals surface area contributed by atoms with Gasteiger partial charge in [-0.1, -0.05) is 13.0 Å². The Morgan fingerprint density at radius 3 is 2.92 bits per heavy atom. The monoisotopic (exact) mass is 356 g/mol. The lowest BCUT2D eigenvalue weighted by atomic mass is 9.50. The van der Waals surface area contributed by atoms with Crippen LogP contribution in [0.2, 0.25) is 0 Å². The van der Waals surface area contributed by atoms with Gasteiger partial charge in [0.1, 0.15) is 5.75 Å². The summed E-state index contributed by atoms with van der Waals surface area (Å²) in [6.45, 7) is 5.52. The summed E-state index contributed by atoms with van der Waals surface area (Å²) in [5.74, 6) is 1.31. The molecule has 2 heterocycles. The molecule has 0 radical (unpaired) electrons. The minimum Gasteiger partial charge on any atom is -0.508 e. The van der Waals surface area contributed by atoms with Gasteiger partial charge in [-0.3, -0.25) is 4.90 Å². The second-order valence-corrected chi connectivity index (χ2v) is 9.08. The Kier molecular flexibility index (Phi) is 3.90. The predicted octanol–water partition coefficient (Wildman–Crippen LogP) is 2.83. The van der Waals surface area contributed by atoms with Crippen molar-refractivity contribution in [2.75, 3.05) is 26.7 Å². The van der Waals surface area contributed by atoms with Crippen molar-refractivity contribution >= 4 is 0 Å². The van der Waals surface area contributed by atoms with Gasteiger partial charge in [0.2, 0.25) is 0 Å². The highest BCUT2D eigenvalue weighted by atomic mass is 16.5. The van der Waals surface area contributed by atoms with Crippen molar-refractivity contribution in [3.05, 3.63) is 29.3 Å². The molecule has 142 valence electrons. The van der Waals surface area contributed by atoms with Crippen LogP contribution in [0.1, 0.15) is 50.2 Å². The molecule has 1 saturated carbocycles. The van der Waals surface area contributed by atoms with Crippen molar-refractivity contribution in [2.24, 2.45) is 5.92 Å². The number of benzene rings is 1. The van der Waals surface area contributed by atoms with Crippen LogP contribution in [0.15, 0.2) is 18.2 Å². The van der Waals surface area contributed by atoms with E-state index in [4.69, 9.17) is 4.74 Å². The van der Waals surface area contributed by atoms with Crippen LogP contribution in [0.4, 0.5) is 0 Å². The van der Waals surface area contributed by atoms with E-state index < -0.39 is 0 Å². The molecule has 1 aromatic rings. The van der Waals surface area contributed by atoms with E-state index in [1.54, 1.807) is 0 Å². The Balaban J connectivity index is 1.65. The second-order valence-electron chi connectivity index (χ2n) is 9.08. The van der Waals surface area contributed by atoms with Gasteiger partial charge in [-0.15, -0.1) is 0 Å². The first-order chi connectivity index (χ1) is 12.6. The van der Waals surface area contributed by atoms with Gasteiger partial charge in [0, 0.05) is 24.0 Å². The summed E-state index contributed by atoms with van der Waals surface area (Å²) in [6.07, 6.45) is 7.16. The van der Waals surface area contributed by atoms with Crippen LogP contribution in [0.25, 0.3) is 0 Å². The highest BCUT2D eigenvalue weighted by Gasteiger charge is 2.65. The van der Waals surface area contributed by atoms with Crippen molar-refractivity contribution in [3.63, 3.8) is 0 Å². The Morgan fingerprint density at radius 1 is 1.35 bits per heavy atom. The number of phenolic OH excluding ortho intramolecular Hbond substituents is 1. The smallest absolute Gasteiger partial charge is 0.115 e. The molecule has 2 N–H and O–H groups in total. The molecule has 0 aromatic heterocycles. The number of likely N-dealkylation sites (N-methyl/N-ethyl adjacent to an activating group) is 1. The maximum Gasteiger partial charge on any atom is 0.115 e. The fourth-order valence-corrected chi connectivity index (χ4v) is 6.43. The molecule has 4 aliphatic rings. The molecule has 4 heteroatoms. The molecule has 26 heavy (non-hydrogen) atoms. The molecule has 4 atom stereocenters. The third kappa shape index (κ3) is 2.25. The van der Waals surface area contributed by atoms with E-state index in [0.29, 0.717) is 17.8 Å². The van der Waals surface area contributed by atoms with Gasteiger partial charge in [-0.2, -0.15) is 0 Å². The van der Waals surface area contributed by atoms with Crippen LogP contribution in [0.5, 0.6) is 5.75 Å². The first-order valence-corrected chi connectivity index (χ1v) is 10.5. The van der Waals surface area contributed by atoms with Crippen molar-refractivity contribution in [3.8, 4) is 5.75 Å². The predicted molar refractivity (Wildman–Crippen MR) is 103 cm³/mol. The van der Waals surface area contributed by atoms with E-state index in [0.717, 1.165) is 44.8 Å². The lowest BCUT2D eigenvalue weighted by Gasteiger charge is -2.66. The van der Waals surface area contributed by atoms with E-state index in [-0.39, 0.29) is 11.0 Å². The topological polar surface area (TPSA) is 44.7 Å². The van der Waals surface area contributed by atoms with Crippen molar-refractivity contribution < 1.29 is 9.84 Å². The summed E-state index contributed by atoms with van der Waals surface area (Å²) in [5.41, 5.74) is 2.69. The summed E-state index contributed by atoms with van der Waals surface area (Å²) >= 11 is 0. The first-order valence-electron chi connectivity index (χ1n) is 10.5. The lowest BCUT2D eigenvalue weighted by Crippen LogP contribution is -2.75. The lowest BCUT2D eigenvalue weighted by molar-refractivity contribution is -0.216. The van der Waals surface area contributed by atoms with Crippen LogP contribution in [-0.2, 0) is 16.6 Å². The van der Waals surface area contributed by atoms with E-state index in [1.807, 2.05) is 12.1 Å². The van der Waals surface area contributed by atoms with Crippen LogP contribution in [0.3, 0.4) is 0 Å². The zero-order valence-electron chi connectivity index (χ0n) is 16.1. The van der Waals surface area contributed by atoms with Crippen molar-refractivity contribution in [2.45, 2.75) is 68.5 Å². The summed E-state index contributed by atoms with van der Waals surface area (Å²) in [6, 6.07) is 6.95. The molecule has 1 aromatic carbocycles. The van der Waals surface area contributed by atoms with Gasteiger partial charge >= 0.3 is 0 Å². The third-order valence-corrected chi connectivity index (χ3v) is 7.90. The number of ether oxygens (including phenoxy) is 1. The third-order valence-electron chi connectivity index (χ3n) is 7.90. The molecule has 2 bridgehead atoms. The maximum absolute atomic E-state index is 10.3. The van der Waals surface area contributed by atoms with Crippen molar-refractivity contribution in [1.82, 2.24) is 10.2 Å². The molecule has 2 aliphatic carbocycles. The van der Waals surface area contributed by atoms with Crippen LogP contribution in [0, 0.1) is 5.92 Å². The van der Waals surface area contributed by atoms with Gasteiger partial charge in [0.05, 0.1) is 12.2 Å². The molecule has 2 aliphatic heterocycles. The van der Waals surface area contributed by atoms with Crippen LogP contribution >= 0.6 is 0 Å². The fourth-order valence-electron chi connectivity index (χ4n) is 6.43. The number of aromatic hydroxyl groups is 1. The normalized spacial score (nSPS) is 39.3. The number of piperidine rings is 1. The number of phenols is 1. The van der Waals surface area contributed by atoms with E-state index in [2.05, 4.69) is 30.3 Å². The van der Waals surface area contributed by atoms with Crippen LogP contribution in [-0.4, -0.2) is 54.4 Å². The summed E-state index contributed by atoms with van der Waals surface area (Å²) in [7, 11) is 2.05. The zero-order valence-corrected chi connectivity index (χ0v) is 16.1. The summed E-state index contributed by atoms with van der Waals surface area (Å²) in [5, 5.41) is 13.7. The van der Waals surface area contributed by atoms with E-state index >= 15 is 0 Å². The minimum absolute atomic E-state index is 0.0186. The number of nitrogens with one attached hydrogen (secondary N) is 1. The fraction of sp³-hybridized carbons (Fsp3) is 0.727. The van der Waals surface area contributed by atoms with Gasteiger partial charge in [-0.05, 0) is 81.3 Å². The Labute approximate surface area is 156 Å². The minimum atomic E-state index is -0.117. The first kappa shape index (κ1) is 17.0. The second kappa shape index (κ2) is 5.95. The molecular formula is C22H32N2O2. The van der Waals surface area contributed by atoms with Crippen LogP contribution < -0.4 is 5.32 Å². The Morgan fingerprint density at radius 2 is 2.19 bits per heavy atom. The number of hydrogen-bond donors (Lipinski definition) is 2. The Hall–Kier alpha value is -1.10. The number of nitrogens with zero attached hydrogens (tertiary/aromatic N) is 1. The summed E-state index contributed by atoms with van der Waals surface area (Å²) < 4.78 is 6.82. The van der Waals surface area contributed by atoms with E-state index in [9.17, 15) is 5.11 Å². The Bertz CT molecular complexity index is 703. The highest BCUT2D eigenvalue weighted by molar-refractivity contribution is 5.48. The molecular weight excluding hydrogens is 324 g/mol. The quantitative estimate of drug-likeness (QED) is 0.871. The number of rotatable bonds is 4. The van der Waals surface area contributed by atoms with E-state index in [1.165, 1.54) is 30.5 Å². The van der Waals surface area contributed by atoms with Gasteiger partial charge in [-0.25, -0.2) is 0 Å². The molecule has 0 amide bonds. The molecule has 3 fully saturated rings. The number of fused-ring (bicyclic) bond motifs is 1. The molecule has 4 nitrogen and oxygen atoms in total.